The average Bonchev–Trinajstić information content (AvgIpc) is 3.12. The molecule has 0 unspecified atom stereocenters. The van der Waals surface area contributed by atoms with E-state index in [1.807, 2.05) is 6.08 Å². The summed E-state index contributed by atoms with van der Waals surface area (Å²) < 4.78 is 0. The SMILES string of the molecule is N=C1N=C(N)C(=Cc2ccc([C@H]3CC[C@H]4CCCCN43)cc2)S1. The van der Waals surface area contributed by atoms with Crippen LogP contribution in [0.4, 0.5) is 0 Å². The zero-order chi connectivity index (χ0) is 15.8. The number of hydrogen-bond acceptors (Lipinski definition) is 4. The van der Waals surface area contributed by atoms with Crippen LogP contribution in [0.15, 0.2) is 34.2 Å². The van der Waals surface area contributed by atoms with Crippen LogP contribution in [0.5, 0.6) is 0 Å². The molecule has 2 fully saturated rings. The molecule has 3 aliphatic heterocycles. The summed E-state index contributed by atoms with van der Waals surface area (Å²) in [7, 11) is 0. The molecule has 5 heteroatoms. The lowest BCUT2D eigenvalue weighted by molar-refractivity contribution is 0.150. The second-order valence-corrected chi connectivity index (χ2v) is 7.59. The highest BCUT2D eigenvalue weighted by atomic mass is 32.2. The Morgan fingerprint density at radius 3 is 2.74 bits per heavy atom. The van der Waals surface area contributed by atoms with Gasteiger partial charge in [0, 0.05) is 12.1 Å². The lowest BCUT2D eigenvalue weighted by atomic mass is 10.0. The van der Waals surface area contributed by atoms with Gasteiger partial charge in [-0.25, -0.2) is 4.99 Å². The molecule has 3 aliphatic rings. The third-order valence-corrected chi connectivity index (χ3v) is 5.98. The molecule has 0 radical (unpaired) electrons. The average molecular weight is 326 g/mol. The fourth-order valence-electron chi connectivity index (χ4n) is 4.03. The normalized spacial score (nSPS) is 29.8. The molecule has 4 rings (SSSR count). The Labute approximate surface area is 141 Å². The van der Waals surface area contributed by atoms with Crippen LogP contribution < -0.4 is 5.73 Å². The van der Waals surface area contributed by atoms with Crippen LogP contribution in [0.3, 0.4) is 0 Å². The third kappa shape index (κ3) is 2.95. The quantitative estimate of drug-likeness (QED) is 0.870. The van der Waals surface area contributed by atoms with Crippen LogP contribution >= 0.6 is 11.8 Å². The fourth-order valence-corrected chi connectivity index (χ4v) is 4.73. The molecule has 0 saturated carbocycles. The number of rotatable bonds is 2. The van der Waals surface area contributed by atoms with Gasteiger partial charge in [-0.3, -0.25) is 10.3 Å². The van der Waals surface area contributed by atoms with Gasteiger partial charge in [0.25, 0.3) is 0 Å². The highest BCUT2D eigenvalue weighted by Crippen LogP contribution is 2.40. The van der Waals surface area contributed by atoms with E-state index < -0.39 is 0 Å². The minimum atomic E-state index is 0.271. The Bertz CT molecular complexity index is 677. The first-order chi connectivity index (χ1) is 11.2. The zero-order valence-electron chi connectivity index (χ0n) is 13.2. The van der Waals surface area contributed by atoms with E-state index >= 15 is 0 Å². The Morgan fingerprint density at radius 1 is 1.17 bits per heavy atom. The van der Waals surface area contributed by atoms with Gasteiger partial charge in [0.05, 0.1) is 4.91 Å². The smallest absolute Gasteiger partial charge is 0.187 e. The van der Waals surface area contributed by atoms with Gasteiger partial charge in [0.2, 0.25) is 0 Å². The number of piperidine rings is 1. The number of amidine groups is 2. The van der Waals surface area contributed by atoms with Gasteiger partial charge in [-0.2, -0.15) is 0 Å². The first-order valence-electron chi connectivity index (χ1n) is 8.39. The number of nitrogens with two attached hydrogens (primary N) is 1. The number of benzene rings is 1. The summed E-state index contributed by atoms with van der Waals surface area (Å²) in [6.45, 7) is 1.26. The molecule has 23 heavy (non-hydrogen) atoms. The van der Waals surface area contributed by atoms with Crippen LogP contribution in [-0.4, -0.2) is 28.5 Å². The van der Waals surface area contributed by atoms with Crippen molar-refractivity contribution < 1.29 is 0 Å². The van der Waals surface area contributed by atoms with Crippen LogP contribution in [0, 0.1) is 5.41 Å². The lowest BCUT2D eigenvalue weighted by Crippen LogP contribution is -2.35. The molecule has 4 nitrogen and oxygen atoms in total. The van der Waals surface area contributed by atoms with Gasteiger partial charge >= 0.3 is 0 Å². The van der Waals surface area contributed by atoms with Crippen molar-refractivity contribution in [2.45, 2.75) is 44.2 Å². The Balaban J connectivity index is 1.51. The first-order valence-corrected chi connectivity index (χ1v) is 9.21. The number of nitrogens with one attached hydrogen (secondary N) is 1. The summed E-state index contributed by atoms with van der Waals surface area (Å²) >= 11 is 1.32. The van der Waals surface area contributed by atoms with Crippen molar-refractivity contribution in [1.29, 1.82) is 5.41 Å². The van der Waals surface area contributed by atoms with E-state index in [9.17, 15) is 0 Å². The molecule has 1 aromatic carbocycles. The monoisotopic (exact) mass is 326 g/mol. The molecular formula is C18H22N4S. The van der Waals surface area contributed by atoms with Crippen molar-refractivity contribution in [3.05, 3.63) is 40.3 Å². The molecule has 120 valence electrons. The maximum Gasteiger partial charge on any atom is 0.187 e. The standard InChI is InChI=1S/C18H22N4S/c19-17-16(23-18(20)21-17)11-12-4-6-13(7-5-12)15-9-8-14-3-1-2-10-22(14)15/h4-7,11,14-15H,1-3,8-10H2,(H3,19,20,21)/t14-,15-/m1/s1. The van der Waals surface area contributed by atoms with Crippen molar-refractivity contribution >= 4 is 28.8 Å². The molecule has 0 bridgehead atoms. The van der Waals surface area contributed by atoms with E-state index in [2.05, 4.69) is 34.2 Å². The highest BCUT2D eigenvalue weighted by Gasteiger charge is 2.35. The van der Waals surface area contributed by atoms with Crippen LogP contribution in [0.1, 0.15) is 49.3 Å². The summed E-state index contributed by atoms with van der Waals surface area (Å²) in [4.78, 5) is 7.55. The minimum absolute atomic E-state index is 0.271. The van der Waals surface area contributed by atoms with E-state index in [1.54, 1.807) is 0 Å². The van der Waals surface area contributed by atoms with E-state index in [4.69, 9.17) is 11.1 Å². The number of nitrogens with zero attached hydrogens (tertiary/aromatic N) is 2. The molecule has 0 aromatic heterocycles. The summed E-state index contributed by atoms with van der Waals surface area (Å²) in [6, 6.07) is 10.2. The summed E-state index contributed by atoms with van der Waals surface area (Å²) in [5.74, 6) is 0.455. The number of fused-ring (bicyclic) bond motifs is 1. The van der Waals surface area contributed by atoms with Gasteiger partial charge in [-0.1, -0.05) is 30.7 Å². The second-order valence-electron chi connectivity index (χ2n) is 6.56. The summed E-state index contributed by atoms with van der Waals surface area (Å²) in [5, 5.41) is 7.83. The van der Waals surface area contributed by atoms with Crippen molar-refractivity contribution in [2.75, 3.05) is 6.54 Å². The third-order valence-electron chi connectivity index (χ3n) is 5.15. The van der Waals surface area contributed by atoms with Crippen LogP contribution in [0.2, 0.25) is 0 Å². The Morgan fingerprint density at radius 2 is 2.00 bits per heavy atom. The van der Waals surface area contributed by atoms with Gasteiger partial charge < -0.3 is 5.73 Å². The largest absolute Gasteiger partial charge is 0.383 e. The lowest BCUT2D eigenvalue weighted by Gasteiger charge is -2.34. The van der Waals surface area contributed by atoms with Crippen molar-refractivity contribution in [1.82, 2.24) is 4.90 Å². The topological polar surface area (TPSA) is 65.5 Å². The molecular weight excluding hydrogens is 304 g/mol. The number of thioether (sulfide) groups is 1. The number of hydrogen-bond donors (Lipinski definition) is 2. The van der Waals surface area contributed by atoms with Crippen molar-refractivity contribution in [3.63, 3.8) is 0 Å². The number of aliphatic imine (C=N–C) groups is 1. The maximum atomic E-state index is 7.56. The fraction of sp³-hybridized carbons (Fsp3) is 0.444. The molecule has 2 saturated heterocycles. The van der Waals surface area contributed by atoms with Gasteiger partial charge in [0.1, 0.15) is 5.84 Å². The second kappa shape index (κ2) is 6.13. The van der Waals surface area contributed by atoms with E-state index in [0.29, 0.717) is 11.9 Å². The molecule has 0 spiro atoms. The van der Waals surface area contributed by atoms with Crippen molar-refractivity contribution in [3.8, 4) is 0 Å². The molecule has 2 atom stereocenters. The molecule has 1 aromatic rings. The summed E-state index contributed by atoms with van der Waals surface area (Å²) in [6.07, 6.45) is 8.78. The van der Waals surface area contributed by atoms with Gasteiger partial charge in [-0.05, 0) is 61.2 Å². The molecule has 0 amide bonds. The van der Waals surface area contributed by atoms with Gasteiger partial charge in [-0.15, -0.1) is 0 Å². The Hall–Kier alpha value is -1.59. The first kappa shape index (κ1) is 15.0. The van der Waals surface area contributed by atoms with Crippen LogP contribution in [0.25, 0.3) is 6.08 Å². The predicted octanol–water partition coefficient (Wildman–Crippen LogP) is 3.76. The zero-order valence-corrected chi connectivity index (χ0v) is 14.0. The van der Waals surface area contributed by atoms with Crippen LogP contribution in [-0.2, 0) is 0 Å². The maximum absolute atomic E-state index is 7.56. The summed E-state index contributed by atoms with van der Waals surface area (Å²) in [5.41, 5.74) is 8.39. The van der Waals surface area contributed by atoms with Gasteiger partial charge in [0.15, 0.2) is 5.17 Å². The van der Waals surface area contributed by atoms with E-state index in [-0.39, 0.29) is 5.17 Å². The Kier molecular flexibility index (Phi) is 3.99. The highest BCUT2D eigenvalue weighted by molar-refractivity contribution is 8.18. The molecule has 3 heterocycles. The predicted molar refractivity (Wildman–Crippen MR) is 97.7 cm³/mol. The molecule has 0 aliphatic carbocycles. The minimum Gasteiger partial charge on any atom is -0.383 e. The van der Waals surface area contributed by atoms with E-state index in [0.717, 1.165) is 16.5 Å². The molecule has 3 N–H and O–H groups in total. The van der Waals surface area contributed by atoms with E-state index in [1.165, 1.54) is 56.0 Å². The van der Waals surface area contributed by atoms with Crippen molar-refractivity contribution in [2.24, 2.45) is 10.7 Å².